The number of carbonyl (C=O) groups excluding carboxylic acids is 3. The van der Waals surface area contributed by atoms with E-state index in [1.54, 1.807) is 28.8 Å². The third-order valence-corrected chi connectivity index (χ3v) is 4.91. The van der Waals surface area contributed by atoms with Crippen LogP contribution in [-0.2, 0) is 25.6 Å². The summed E-state index contributed by atoms with van der Waals surface area (Å²) in [6.45, 7) is -0.612. The molecule has 3 rings (SSSR count). The topological polar surface area (TPSA) is 110 Å². The first kappa shape index (κ1) is 19.4. The predicted molar refractivity (Wildman–Crippen MR) is 99.2 cm³/mol. The Balaban J connectivity index is 1.63. The van der Waals surface area contributed by atoms with Gasteiger partial charge in [-0.05, 0) is 31.7 Å². The number of benzene rings is 1. The van der Waals surface area contributed by atoms with Gasteiger partial charge in [-0.1, -0.05) is 18.2 Å². The molecular formula is C20H21N3O5. The van der Waals surface area contributed by atoms with E-state index < -0.39 is 30.0 Å². The van der Waals surface area contributed by atoms with Gasteiger partial charge in [-0.15, -0.1) is 0 Å². The van der Waals surface area contributed by atoms with Crippen molar-refractivity contribution < 1.29 is 23.9 Å². The fourth-order valence-electron chi connectivity index (χ4n) is 3.53. The van der Waals surface area contributed by atoms with E-state index in [0.29, 0.717) is 29.3 Å². The van der Waals surface area contributed by atoms with Crippen molar-refractivity contribution in [1.29, 1.82) is 5.26 Å². The van der Waals surface area contributed by atoms with Gasteiger partial charge in [0.05, 0.1) is 18.7 Å². The number of nitrogens with one attached hydrogen (secondary N) is 1. The summed E-state index contributed by atoms with van der Waals surface area (Å²) in [5, 5.41) is 12.6. The van der Waals surface area contributed by atoms with Crippen LogP contribution in [0.25, 0.3) is 10.9 Å². The van der Waals surface area contributed by atoms with Crippen molar-refractivity contribution in [1.82, 2.24) is 9.88 Å². The van der Waals surface area contributed by atoms with Crippen molar-refractivity contribution in [2.24, 2.45) is 0 Å². The second kappa shape index (κ2) is 8.13. The third-order valence-electron chi connectivity index (χ3n) is 4.91. The van der Waals surface area contributed by atoms with Gasteiger partial charge in [0.15, 0.2) is 6.61 Å². The van der Waals surface area contributed by atoms with E-state index in [1.165, 1.54) is 13.3 Å². The van der Waals surface area contributed by atoms with E-state index >= 15 is 0 Å². The van der Waals surface area contributed by atoms with Crippen molar-refractivity contribution in [3.05, 3.63) is 36.0 Å². The molecule has 1 heterocycles. The summed E-state index contributed by atoms with van der Waals surface area (Å²) in [4.78, 5) is 36.2. The smallest absolute Gasteiger partial charge is 0.340 e. The molecule has 1 saturated carbocycles. The Bertz CT molecular complexity index is 950. The summed E-state index contributed by atoms with van der Waals surface area (Å²) >= 11 is 0. The van der Waals surface area contributed by atoms with Crippen LogP contribution in [0.2, 0.25) is 0 Å². The first-order valence-corrected chi connectivity index (χ1v) is 9.02. The zero-order chi connectivity index (χ0) is 20.1. The Labute approximate surface area is 162 Å². The van der Waals surface area contributed by atoms with E-state index in [2.05, 4.69) is 11.4 Å². The van der Waals surface area contributed by atoms with Crippen LogP contribution in [0.15, 0.2) is 30.5 Å². The van der Waals surface area contributed by atoms with E-state index in [1.807, 2.05) is 0 Å². The number of ether oxygens (including phenoxy) is 2. The number of nitrogens with zero attached hydrogens (tertiary/aromatic N) is 2. The maximum absolute atomic E-state index is 12.2. The van der Waals surface area contributed by atoms with Gasteiger partial charge in [0.25, 0.3) is 5.91 Å². The zero-order valence-corrected chi connectivity index (χ0v) is 15.6. The molecule has 1 fully saturated rings. The highest BCUT2D eigenvalue weighted by Gasteiger charge is 2.35. The van der Waals surface area contributed by atoms with Gasteiger partial charge in [0, 0.05) is 17.1 Å². The molecule has 1 aliphatic carbocycles. The van der Waals surface area contributed by atoms with Crippen molar-refractivity contribution in [3.8, 4) is 6.07 Å². The molecule has 1 aromatic heterocycles. The Morgan fingerprint density at radius 1 is 1.25 bits per heavy atom. The Morgan fingerprint density at radius 2 is 1.96 bits per heavy atom. The molecule has 8 nitrogen and oxygen atoms in total. The van der Waals surface area contributed by atoms with E-state index in [9.17, 15) is 19.6 Å². The molecule has 8 heteroatoms. The van der Waals surface area contributed by atoms with Crippen LogP contribution in [0.3, 0.4) is 0 Å². The van der Waals surface area contributed by atoms with Gasteiger partial charge >= 0.3 is 11.9 Å². The molecule has 0 unspecified atom stereocenters. The lowest BCUT2D eigenvalue weighted by Gasteiger charge is -2.21. The molecule has 0 atom stereocenters. The number of esters is 2. The van der Waals surface area contributed by atoms with Crippen LogP contribution in [-0.4, -0.2) is 41.7 Å². The molecule has 0 radical (unpaired) electrons. The number of carbonyl (C=O) groups is 3. The number of nitriles is 1. The van der Waals surface area contributed by atoms with Crippen LogP contribution in [0, 0.1) is 11.3 Å². The number of para-hydroxylation sites is 1. The molecule has 1 amide bonds. The molecule has 1 aliphatic rings. The number of methoxy groups -OCH3 is 1. The van der Waals surface area contributed by atoms with Crippen molar-refractivity contribution >= 4 is 28.7 Å². The molecule has 1 aromatic carbocycles. The summed E-state index contributed by atoms with van der Waals surface area (Å²) in [6, 6.07) is 9.28. The van der Waals surface area contributed by atoms with Crippen LogP contribution >= 0.6 is 0 Å². The van der Waals surface area contributed by atoms with E-state index in [-0.39, 0.29) is 6.54 Å². The highest BCUT2D eigenvalue weighted by Crippen LogP contribution is 2.28. The lowest BCUT2D eigenvalue weighted by atomic mass is 10.00. The van der Waals surface area contributed by atoms with E-state index in [4.69, 9.17) is 9.47 Å². The van der Waals surface area contributed by atoms with E-state index in [0.717, 1.165) is 12.8 Å². The van der Waals surface area contributed by atoms with Crippen molar-refractivity contribution in [3.63, 3.8) is 0 Å². The predicted octanol–water partition coefficient (Wildman–Crippen LogP) is 1.92. The molecule has 0 saturated heterocycles. The molecule has 0 aliphatic heterocycles. The summed E-state index contributed by atoms with van der Waals surface area (Å²) in [5.74, 6) is -1.62. The van der Waals surface area contributed by atoms with Crippen LogP contribution in [0.5, 0.6) is 0 Å². The second-order valence-electron chi connectivity index (χ2n) is 6.79. The average molecular weight is 383 g/mol. The highest BCUT2D eigenvalue weighted by atomic mass is 16.5. The number of amides is 1. The summed E-state index contributed by atoms with van der Waals surface area (Å²) < 4.78 is 11.4. The standard InChI is InChI=1S/C20H21N3O5/c1-27-19(26)15-10-23(16-7-3-2-6-14(15)16)11-18(25)28-12-17(24)22-20(13-21)8-4-5-9-20/h2-3,6-7,10H,4-5,8-9,11-12H2,1H3,(H,22,24). The minimum absolute atomic E-state index is 0.159. The molecule has 2 aromatic rings. The van der Waals surface area contributed by atoms with Crippen LogP contribution < -0.4 is 5.32 Å². The summed E-state index contributed by atoms with van der Waals surface area (Å²) in [6.07, 6.45) is 4.51. The number of rotatable bonds is 6. The molecule has 0 spiro atoms. The number of aromatic nitrogens is 1. The molecule has 146 valence electrons. The Hall–Kier alpha value is -3.34. The average Bonchev–Trinajstić information content (AvgIpc) is 3.31. The molecule has 1 N–H and O–H groups in total. The first-order chi connectivity index (χ1) is 13.5. The zero-order valence-electron chi connectivity index (χ0n) is 15.6. The second-order valence-corrected chi connectivity index (χ2v) is 6.79. The summed E-state index contributed by atoms with van der Waals surface area (Å²) in [7, 11) is 1.29. The molecular weight excluding hydrogens is 362 g/mol. The lowest BCUT2D eigenvalue weighted by Crippen LogP contribution is -2.46. The Morgan fingerprint density at radius 3 is 2.64 bits per heavy atom. The van der Waals surface area contributed by atoms with Gasteiger partial charge in [-0.3, -0.25) is 9.59 Å². The summed E-state index contributed by atoms with van der Waals surface area (Å²) in [5.41, 5.74) is 0.176. The SMILES string of the molecule is COC(=O)c1cn(CC(=O)OCC(=O)NC2(C#N)CCCC2)c2ccccc12. The third kappa shape index (κ3) is 3.98. The quantitative estimate of drug-likeness (QED) is 0.763. The fraction of sp³-hybridized carbons (Fsp3) is 0.400. The van der Waals surface area contributed by atoms with Gasteiger partial charge in [-0.2, -0.15) is 5.26 Å². The first-order valence-electron chi connectivity index (χ1n) is 9.02. The van der Waals surface area contributed by atoms with Crippen molar-refractivity contribution in [2.75, 3.05) is 13.7 Å². The largest absolute Gasteiger partial charge is 0.465 e. The Kier molecular flexibility index (Phi) is 5.64. The number of hydrogen-bond acceptors (Lipinski definition) is 6. The van der Waals surface area contributed by atoms with Gasteiger partial charge < -0.3 is 19.4 Å². The highest BCUT2D eigenvalue weighted by molar-refractivity contribution is 6.04. The number of hydrogen-bond donors (Lipinski definition) is 1. The number of fused-ring (bicyclic) bond motifs is 1. The normalized spacial score (nSPS) is 15.0. The maximum Gasteiger partial charge on any atom is 0.340 e. The lowest BCUT2D eigenvalue weighted by molar-refractivity contribution is -0.149. The van der Waals surface area contributed by atoms with Gasteiger partial charge in [0.1, 0.15) is 12.1 Å². The minimum Gasteiger partial charge on any atom is -0.465 e. The van der Waals surface area contributed by atoms with Gasteiger partial charge in [0.2, 0.25) is 0 Å². The molecule has 0 bridgehead atoms. The maximum atomic E-state index is 12.2. The van der Waals surface area contributed by atoms with Crippen molar-refractivity contribution in [2.45, 2.75) is 37.8 Å². The van der Waals surface area contributed by atoms with Crippen LogP contribution in [0.1, 0.15) is 36.0 Å². The fourth-order valence-corrected chi connectivity index (χ4v) is 3.53. The molecule has 28 heavy (non-hydrogen) atoms. The van der Waals surface area contributed by atoms with Crippen LogP contribution in [0.4, 0.5) is 0 Å². The van der Waals surface area contributed by atoms with Gasteiger partial charge in [-0.25, -0.2) is 4.79 Å². The monoisotopic (exact) mass is 383 g/mol. The minimum atomic E-state index is -0.852.